The van der Waals surface area contributed by atoms with Crippen LogP contribution in [0.25, 0.3) is 0 Å². The summed E-state index contributed by atoms with van der Waals surface area (Å²) in [4.78, 5) is 38.3. The molecule has 1 aromatic carbocycles. The quantitative estimate of drug-likeness (QED) is 0.803. The molecule has 0 aliphatic rings. The molecule has 6 nitrogen and oxygen atoms in total. The molecule has 0 saturated heterocycles. The Hall–Kier alpha value is -2.67. The van der Waals surface area contributed by atoms with E-state index in [1.165, 1.54) is 11.3 Å². The Bertz CT molecular complexity index is 771. The van der Waals surface area contributed by atoms with E-state index in [9.17, 15) is 14.4 Å². The van der Waals surface area contributed by atoms with Gasteiger partial charge in [-0.1, -0.05) is 30.3 Å². The molecule has 0 saturated carbocycles. The van der Waals surface area contributed by atoms with Gasteiger partial charge in [0.15, 0.2) is 0 Å². The molecule has 0 fully saturated rings. The van der Waals surface area contributed by atoms with E-state index in [2.05, 4.69) is 10.6 Å². The lowest BCUT2D eigenvalue weighted by atomic mass is 10.1. The van der Waals surface area contributed by atoms with E-state index in [4.69, 9.17) is 4.74 Å². The van der Waals surface area contributed by atoms with Crippen LogP contribution < -0.4 is 10.6 Å². The zero-order chi connectivity index (χ0) is 18.4. The molecule has 2 aromatic rings. The second kappa shape index (κ2) is 8.43. The molecule has 3 amide bonds. The molecule has 0 unspecified atom stereocenters. The number of imide groups is 1. The van der Waals surface area contributed by atoms with E-state index < -0.39 is 24.0 Å². The fourth-order valence-electron chi connectivity index (χ4n) is 2.29. The molecule has 2 rings (SSSR count). The first-order chi connectivity index (χ1) is 11.9. The topological polar surface area (TPSA) is 84.5 Å². The number of rotatable bonds is 5. The van der Waals surface area contributed by atoms with Crippen LogP contribution in [0, 0.1) is 13.8 Å². The third-order valence-corrected chi connectivity index (χ3v) is 4.37. The summed E-state index contributed by atoms with van der Waals surface area (Å²) >= 11 is 1.48. The Morgan fingerprint density at radius 1 is 1.16 bits per heavy atom. The number of amides is 3. The summed E-state index contributed by atoms with van der Waals surface area (Å²) in [5.74, 6) is -1.29. The molecule has 0 spiro atoms. The maximum Gasteiger partial charge on any atom is 0.340 e. The van der Waals surface area contributed by atoms with Crippen LogP contribution in [0.1, 0.15) is 38.7 Å². The number of urea groups is 1. The predicted molar refractivity (Wildman–Crippen MR) is 95.6 cm³/mol. The molecule has 0 bridgehead atoms. The Labute approximate surface area is 150 Å². The largest absolute Gasteiger partial charge is 0.444 e. The minimum atomic E-state index is -1.21. The lowest BCUT2D eigenvalue weighted by molar-refractivity contribution is -0.129. The van der Waals surface area contributed by atoms with Crippen molar-refractivity contribution in [3.63, 3.8) is 0 Å². The van der Waals surface area contributed by atoms with Gasteiger partial charge in [0.25, 0.3) is 5.91 Å². The summed E-state index contributed by atoms with van der Waals surface area (Å²) in [7, 11) is 0. The first kappa shape index (κ1) is 18.7. The van der Waals surface area contributed by atoms with Crippen molar-refractivity contribution in [2.75, 3.05) is 6.54 Å². The Morgan fingerprint density at radius 3 is 2.40 bits per heavy atom. The van der Waals surface area contributed by atoms with Crippen molar-refractivity contribution in [2.45, 2.75) is 26.9 Å². The zero-order valence-electron chi connectivity index (χ0n) is 14.3. The normalized spacial score (nSPS) is 11.5. The van der Waals surface area contributed by atoms with Gasteiger partial charge in [-0.25, -0.2) is 9.59 Å². The number of hydrogen-bond acceptors (Lipinski definition) is 5. The standard InChI is InChI=1S/C18H20N2O4S/c1-4-19-18(23)20-16(21)15(13-8-6-5-7-9-13)24-17(22)14-10-11(2)25-12(14)3/h5-10,15H,4H2,1-3H3,(H2,19,20,21,23)/t15-/m0/s1. The van der Waals surface area contributed by atoms with Gasteiger partial charge < -0.3 is 10.1 Å². The average Bonchev–Trinajstić information content (AvgIpc) is 2.91. The zero-order valence-corrected chi connectivity index (χ0v) is 15.1. The predicted octanol–water partition coefficient (Wildman–Crippen LogP) is 3.11. The summed E-state index contributed by atoms with van der Waals surface area (Å²) in [6.45, 7) is 5.83. The van der Waals surface area contributed by atoms with E-state index in [-0.39, 0.29) is 0 Å². The smallest absolute Gasteiger partial charge is 0.340 e. The second-order valence-corrected chi connectivity index (χ2v) is 6.83. The fourth-order valence-corrected chi connectivity index (χ4v) is 3.20. The lowest BCUT2D eigenvalue weighted by Gasteiger charge is -2.17. The lowest BCUT2D eigenvalue weighted by Crippen LogP contribution is -2.42. The van der Waals surface area contributed by atoms with Crippen molar-refractivity contribution in [1.82, 2.24) is 10.6 Å². The monoisotopic (exact) mass is 360 g/mol. The van der Waals surface area contributed by atoms with Crippen LogP contribution in [0.5, 0.6) is 0 Å². The van der Waals surface area contributed by atoms with Gasteiger partial charge in [0, 0.05) is 21.9 Å². The number of ether oxygens (including phenoxy) is 1. The molecule has 2 N–H and O–H groups in total. The number of benzene rings is 1. The van der Waals surface area contributed by atoms with Crippen LogP contribution in [0.15, 0.2) is 36.4 Å². The van der Waals surface area contributed by atoms with Crippen LogP contribution in [0.4, 0.5) is 4.79 Å². The molecule has 1 atom stereocenters. The number of hydrogen-bond donors (Lipinski definition) is 2. The molecule has 1 heterocycles. The van der Waals surface area contributed by atoms with Crippen LogP contribution in [-0.2, 0) is 9.53 Å². The molecular formula is C18H20N2O4S. The number of esters is 1. The van der Waals surface area contributed by atoms with Crippen molar-refractivity contribution in [1.29, 1.82) is 0 Å². The van der Waals surface area contributed by atoms with Gasteiger partial charge in [-0.2, -0.15) is 0 Å². The fraction of sp³-hybridized carbons (Fsp3) is 0.278. The van der Waals surface area contributed by atoms with Crippen LogP contribution in [0.3, 0.4) is 0 Å². The van der Waals surface area contributed by atoms with Crippen molar-refractivity contribution >= 4 is 29.2 Å². The number of carbonyl (C=O) groups is 3. The highest BCUT2D eigenvalue weighted by Gasteiger charge is 2.28. The molecule has 0 aliphatic heterocycles. The molecule has 1 aromatic heterocycles. The molecule has 7 heteroatoms. The van der Waals surface area contributed by atoms with Crippen LogP contribution in [0.2, 0.25) is 0 Å². The summed E-state index contributed by atoms with van der Waals surface area (Å²) < 4.78 is 5.43. The number of thiophene rings is 1. The van der Waals surface area contributed by atoms with Gasteiger partial charge in [-0.3, -0.25) is 10.1 Å². The van der Waals surface area contributed by atoms with Crippen molar-refractivity contribution < 1.29 is 19.1 Å². The Balaban J connectivity index is 2.23. The van der Waals surface area contributed by atoms with Crippen LogP contribution in [-0.4, -0.2) is 24.5 Å². The van der Waals surface area contributed by atoms with Crippen molar-refractivity contribution in [3.05, 3.63) is 57.3 Å². The van der Waals surface area contributed by atoms with Gasteiger partial charge >= 0.3 is 12.0 Å². The van der Waals surface area contributed by atoms with Crippen molar-refractivity contribution in [2.24, 2.45) is 0 Å². The maximum atomic E-state index is 12.5. The SMILES string of the molecule is CCNC(=O)NC(=O)[C@@H](OC(=O)c1cc(C)sc1C)c1ccccc1. The number of carbonyl (C=O) groups excluding carboxylic acids is 3. The van der Waals surface area contributed by atoms with Gasteiger partial charge in [0.2, 0.25) is 6.10 Å². The number of nitrogens with one attached hydrogen (secondary N) is 2. The average molecular weight is 360 g/mol. The third kappa shape index (κ3) is 4.90. The Morgan fingerprint density at radius 2 is 1.84 bits per heavy atom. The summed E-state index contributed by atoms with van der Waals surface area (Å²) in [5, 5.41) is 4.66. The highest BCUT2D eigenvalue weighted by Crippen LogP contribution is 2.25. The first-order valence-corrected chi connectivity index (χ1v) is 8.65. The molecule has 132 valence electrons. The highest BCUT2D eigenvalue weighted by atomic mass is 32.1. The molecular weight excluding hydrogens is 340 g/mol. The van der Waals surface area contributed by atoms with Crippen molar-refractivity contribution in [3.8, 4) is 0 Å². The third-order valence-electron chi connectivity index (χ3n) is 3.40. The van der Waals surface area contributed by atoms with E-state index in [1.807, 2.05) is 13.8 Å². The van der Waals surface area contributed by atoms with Gasteiger partial charge in [0.05, 0.1) is 5.56 Å². The summed E-state index contributed by atoms with van der Waals surface area (Å²) in [6.07, 6.45) is -1.21. The summed E-state index contributed by atoms with van der Waals surface area (Å²) in [6, 6.07) is 9.68. The van der Waals surface area contributed by atoms with Crippen LogP contribution >= 0.6 is 11.3 Å². The van der Waals surface area contributed by atoms with E-state index in [0.29, 0.717) is 17.7 Å². The minimum Gasteiger partial charge on any atom is -0.444 e. The molecule has 25 heavy (non-hydrogen) atoms. The molecule has 0 radical (unpaired) electrons. The Kier molecular flexibility index (Phi) is 6.30. The second-order valence-electron chi connectivity index (χ2n) is 5.37. The van der Waals surface area contributed by atoms with E-state index >= 15 is 0 Å². The minimum absolute atomic E-state index is 0.377. The van der Waals surface area contributed by atoms with E-state index in [1.54, 1.807) is 43.3 Å². The van der Waals surface area contributed by atoms with Gasteiger partial charge in [-0.15, -0.1) is 11.3 Å². The van der Waals surface area contributed by atoms with Gasteiger partial charge in [0.1, 0.15) is 0 Å². The van der Waals surface area contributed by atoms with Gasteiger partial charge in [-0.05, 0) is 26.8 Å². The number of aryl methyl sites for hydroxylation is 2. The first-order valence-electron chi connectivity index (χ1n) is 7.84. The summed E-state index contributed by atoms with van der Waals surface area (Å²) in [5.41, 5.74) is 0.913. The van der Waals surface area contributed by atoms with E-state index in [0.717, 1.165) is 9.75 Å². The maximum absolute atomic E-state index is 12.5. The highest BCUT2D eigenvalue weighted by molar-refractivity contribution is 7.12. The molecule has 0 aliphatic carbocycles.